The molecule has 2 aromatic rings. The van der Waals surface area contributed by atoms with Crippen LogP contribution in [0.1, 0.15) is 38.7 Å². The predicted octanol–water partition coefficient (Wildman–Crippen LogP) is 4.38. The Morgan fingerprint density at radius 1 is 1.23 bits per heavy atom. The predicted molar refractivity (Wildman–Crippen MR) is 86.6 cm³/mol. The minimum absolute atomic E-state index is 0.0181. The molecular formula is C18H16N2OS. The largest absolute Gasteiger partial charge is 0.293 e. The number of Topliss-reactive ketones (excluding diaryl/α,β-unsaturated/α-hetero) is 1. The van der Waals surface area contributed by atoms with Crippen molar-refractivity contribution < 1.29 is 4.79 Å². The molecule has 1 heterocycles. The number of benzene rings is 1. The lowest BCUT2D eigenvalue weighted by molar-refractivity contribution is 0.0974. The Morgan fingerprint density at radius 3 is 2.50 bits per heavy atom. The van der Waals surface area contributed by atoms with Gasteiger partial charge in [-0.25, -0.2) is 0 Å². The van der Waals surface area contributed by atoms with Crippen molar-refractivity contribution in [1.82, 2.24) is 0 Å². The Bertz CT molecular complexity index is 736. The van der Waals surface area contributed by atoms with Crippen LogP contribution in [0.3, 0.4) is 0 Å². The lowest BCUT2D eigenvalue weighted by Crippen LogP contribution is -2.15. The summed E-state index contributed by atoms with van der Waals surface area (Å²) in [6.45, 7) is 3.95. The summed E-state index contributed by atoms with van der Waals surface area (Å²) in [4.78, 5) is 13.1. The molecule has 0 radical (unpaired) electrons. The van der Waals surface area contributed by atoms with E-state index in [1.165, 1.54) is 11.3 Å². The van der Waals surface area contributed by atoms with E-state index in [0.717, 1.165) is 16.7 Å². The molecule has 0 N–H and O–H groups in total. The van der Waals surface area contributed by atoms with Gasteiger partial charge < -0.3 is 0 Å². The van der Waals surface area contributed by atoms with Gasteiger partial charge in [-0.15, -0.1) is 11.3 Å². The first-order valence-electron chi connectivity index (χ1n) is 7.00. The van der Waals surface area contributed by atoms with Gasteiger partial charge in [0, 0.05) is 12.3 Å². The van der Waals surface area contributed by atoms with Gasteiger partial charge in [-0.2, -0.15) is 10.5 Å². The van der Waals surface area contributed by atoms with Gasteiger partial charge in [-0.1, -0.05) is 29.8 Å². The van der Waals surface area contributed by atoms with Gasteiger partial charge in [0.05, 0.1) is 17.0 Å². The lowest BCUT2D eigenvalue weighted by atomic mass is 9.81. The van der Waals surface area contributed by atoms with E-state index in [2.05, 4.69) is 0 Å². The normalized spacial score (nSPS) is 11.7. The van der Waals surface area contributed by atoms with Crippen LogP contribution >= 0.6 is 11.3 Å². The van der Waals surface area contributed by atoms with Gasteiger partial charge in [0.2, 0.25) is 0 Å². The number of hydrogen-bond donors (Lipinski definition) is 0. The van der Waals surface area contributed by atoms with Gasteiger partial charge in [0.15, 0.2) is 5.78 Å². The number of ketones is 1. The second kappa shape index (κ2) is 7.02. The third kappa shape index (κ3) is 3.42. The van der Waals surface area contributed by atoms with Crippen molar-refractivity contribution in [2.24, 2.45) is 5.92 Å². The van der Waals surface area contributed by atoms with Gasteiger partial charge in [-0.3, -0.25) is 4.79 Å². The third-order valence-electron chi connectivity index (χ3n) is 3.71. The lowest BCUT2D eigenvalue weighted by Gasteiger charge is -2.19. The maximum atomic E-state index is 12.4. The zero-order valence-corrected chi connectivity index (χ0v) is 13.4. The molecule has 0 saturated heterocycles. The highest BCUT2D eigenvalue weighted by Gasteiger charge is 2.27. The first kappa shape index (κ1) is 15.9. The van der Waals surface area contributed by atoms with E-state index >= 15 is 0 Å². The average molecular weight is 308 g/mol. The number of carbonyl (C=O) groups is 1. The van der Waals surface area contributed by atoms with Crippen LogP contribution in [-0.2, 0) is 0 Å². The van der Waals surface area contributed by atoms with E-state index in [9.17, 15) is 15.3 Å². The molecule has 0 saturated carbocycles. The summed E-state index contributed by atoms with van der Waals surface area (Å²) in [5.74, 6) is -1.24. The fraction of sp³-hybridized carbons (Fsp3) is 0.278. The van der Waals surface area contributed by atoms with Gasteiger partial charge in [0.1, 0.15) is 5.92 Å². The van der Waals surface area contributed by atoms with E-state index < -0.39 is 11.8 Å². The van der Waals surface area contributed by atoms with E-state index in [1.54, 1.807) is 6.07 Å². The number of rotatable bonds is 5. The second-order valence-corrected chi connectivity index (χ2v) is 6.25. The third-order valence-corrected chi connectivity index (χ3v) is 4.62. The van der Waals surface area contributed by atoms with Crippen LogP contribution in [0.25, 0.3) is 0 Å². The molecule has 0 aliphatic rings. The molecule has 0 fully saturated rings. The highest BCUT2D eigenvalue weighted by atomic mass is 32.1. The summed E-state index contributed by atoms with van der Waals surface area (Å²) in [6.07, 6.45) is 0.177. The number of carbonyl (C=O) groups excluding carboxylic acids is 1. The van der Waals surface area contributed by atoms with Gasteiger partial charge in [0.25, 0.3) is 0 Å². The van der Waals surface area contributed by atoms with E-state index in [1.807, 2.05) is 55.6 Å². The molecule has 2 rings (SSSR count). The van der Waals surface area contributed by atoms with Crippen molar-refractivity contribution >= 4 is 17.1 Å². The number of nitrogens with zero attached hydrogens (tertiary/aromatic N) is 2. The van der Waals surface area contributed by atoms with Crippen LogP contribution in [-0.4, -0.2) is 5.78 Å². The standard InChI is InChI=1S/C18H16N2OS/c1-12-5-6-15(13(2)8-12)16(14(10-19)11-20)9-17(21)18-4-3-7-22-18/h3-8,14,16H,9H2,1-2H3/t16-/m1/s1. The van der Waals surface area contributed by atoms with Crippen molar-refractivity contribution in [3.05, 3.63) is 57.3 Å². The quantitative estimate of drug-likeness (QED) is 0.770. The monoisotopic (exact) mass is 308 g/mol. The topological polar surface area (TPSA) is 64.7 Å². The molecule has 3 nitrogen and oxygen atoms in total. The summed E-state index contributed by atoms with van der Waals surface area (Å²) in [6, 6.07) is 13.6. The Morgan fingerprint density at radius 2 is 1.95 bits per heavy atom. The number of aryl methyl sites for hydroxylation is 2. The molecule has 1 aromatic carbocycles. The summed E-state index contributed by atoms with van der Waals surface area (Å²) >= 11 is 1.39. The first-order chi connectivity index (χ1) is 10.6. The average Bonchev–Trinajstić information content (AvgIpc) is 3.02. The summed E-state index contributed by atoms with van der Waals surface area (Å²) in [7, 11) is 0. The Labute approximate surface area is 134 Å². The number of nitriles is 2. The molecule has 4 heteroatoms. The molecule has 0 amide bonds. The second-order valence-electron chi connectivity index (χ2n) is 5.31. The Hall–Kier alpha value is -2.43. The van der Waals surface area contributed by atoms with Crippen LogP contribution in [0, 0.1) is 42.4 Å². The van der Waals surface area contributed by atoms with Crippen molar-refractivity contribution in [2.75, 3.05) is 0 Å². The van der Waals surface area contributed by atoms with Crippen molar-refractivity contribution in [3.63, 3.8) is 0 Å². The van der Waals surface area contributed by atoms with Gasteiger partial charge in [-0.05, 0) is 36.4 Å². The minimum Gasteiger partial charge on any atom is -0.293 e. The summed E-state index contributed by atoms with van der Waals surface area (Å²) < 4.78 is 0. The summed E-state index contributed by atoms with van der Waals surface area (Å²) in [5, 5.41) is 20.4. The zero-order chi connectivity index (χ0) is 16.1. The number of hydrogen-bond acceptors (Lipinski definition) is 4. The fourth-order valence-corrected chi connectivity index (χ4v) is 3.27. The molecule has 1 aromatic heterocycles. The van der Waals surface area contributed by atoms with Gasteiger partial charge >= 0.3 is 0 Å². The SMILES string of the molecule is Cc1ccc([C@H](CC(=O)c2cccs2)C(C#N)C#N)c(C)c1. The highest BCUT2D eigenvalue weighted by Crippen LogP contribution is 2.32. The first-order valence-corrected chi connectivity index (χ1v) is 7.88. The van der Waals surface area contributed by atoms with E-state index in [4.69, 9.17) is 0 Å². The summed E-state index contributed by atoms with van der Waals surface area (Å²) in [5.41, 5.74) is 3.04. The zero-order valence-electron chi connectivity index (χ0n) is 12.5. The molecule has 110 valence electrons. The molecule has 0 unspecified atom stereocenters. The Kier molecular flexibility index (Phi) is 5.09. The molecule has 1 atom stereocenters. The smallest absolute Gasteiger partial charge is 0.173 e. The minimum atomic E-state index is -0.828. The molecule has 0 spiro atoms. The molecular weight excluding hydrogens is 292 g/mol. The van der Waals surface area contributed by atoms with E-state index in [-0.39, 0.29) is 12.2 Å². The van der Waals surface area contributed by atoms with Crippen LogP contribution in [0.4, 0.5) is 0 Å². The van der Waals surface area contributed by atoms with E-state index in [0.29, 0.717) is 4.88 Å². The highest BCUT2D eigenvalue weighted by molar-refractivity contribution is 7.12. The molecule has 0 aliphatic heterocycles. The fourth-order valence-electron chi connectivity index (χ4n) is 2.60. The van der Waals surface area contributed by atoms with Crippen molar-refractivity contribution in [1.29, 1.82) is 10.5 Å². The van der Waals surface area contributed by atoms with Crippen LogP contribution < -0.4 is 0 Å². The Balaban J connectivity index is 2.37. The number of thiophene rings is 1. The molecule has 22 heavy (non-hydrogen) atoms. The molecule has 0 bridgehead atoms. The van der Waals surface area contributed by atoms with Crippen LogP contribution in [0.15, 0.2) is 35.7 Å². The maximum Gasteiger partial charge on any atom is 0.173 e. The maximum absolute atomic E-state index is 12.4. The molecule has 0 aliphatic carbocycles. The van der Waals surface area contributed by atoms with Crippen LogP contribution in [0.5, 0.6) is 0 Å². The van der Waals surface area contributed by atoms with Crippen LogP contribution in [0.2, 0.25) is 0 Å². The van der Waals surface area contributed by atoms with Crippen molar-refractivity contribution in [3.8, 4) is 12.1 Å². The van der Waals surface area contributed by atoms with Crippen molar-refractivity contribution in [2.45, 2.75) is 26.2 Å².